The summed E-state index contributed by atoms with van der Waals surface area (Å²) >= 11 is 0. The van der Waals surface area contributed by atoms with Crippen molar-refractivity contribution in [3.05, 3.63) is 65.2 Å². The predicted molar refractivity (Wildman–Crippen MR) is 138 cm³/mol. The van der Waals surface area contributed by atoms with Crippen molar-refractivity contribution in [2.45, 2.75) is 49.9 Å². The molecule has 1 saturated heterocycles. The van der Waals surface area contributed by atoms with E-state index >= 15 is 0 Å². The topological polar surface area (TPSA) is 92.1 Å². The van der Waals surface area contributed by atoms with Crippen LogP contribution in [0.25, 0.3) is 0 Å². The molecule has 196 valence electrons. The highest BCUT2D eigenvalue weighted by molar-refractivity contribution is 5.97. The van der Waals surface area contributed by atoms with Crippen molar-refractivity contribution in [3.63, 3.8) is 0 Å². The first-order valence-corrected chi connectivity index (χ1v) is 12.8. The highest BCUT2D eigenvalue weighted by atomic mass is 16.5. The van der Waals surface area contributed by atoms with E-state index in [0.29, 0.717) is 43.0 Å². The van der Waals surface area contributed by atoms with Gasteiger partial charge in [-0.3, -0.25) is 9.59 Å². The SMILES string of the molecule is CO[C@H]1CC[C@@H]2CCOc3ccc(C#N)cc3C(=O)N(C)C[C@@H](c3ccccc3)CC(=O)N(C)C[C@@H]1O2. The van der Waals surface area contributed by atoms with Gasteiger partial charge < -0.3 is 24.0 Å². The molecule has 8 heteroatoms. The first kappa shape index (κ1) is 26.6. The summed E-state index contributed by atoms with van der Waals surface area (Å²) in [4.78, 5) is 30.3. The number of fused-ring (bicyclic) bond motifs is 3. The number of likely N-dealkylation sites (N-methyl/N-ethyl adjacent to an activating group) is 2. The molecular weight excluding hydrogens is 470 g/mol. The van der Waals surface area contributed by atoms with Crippen LogP contribution in [0.4, 0.5) is 0 Å². The molecule has 1 fully saturated rings. The van der Waals surface area contributed by atoms with Gasteiger partial charge in [-0.2, -0.15) is 5.26 Å². The minimum atomic E-state index is -0.252. The fraction of sp³-hybridized carbons (Fsp3) is 0.483. The molecule has 2 bridgehead atoms. The van der Waals surface area contributed by atoms with Crippen LogP contribution in [0, 0.1) is 11.3 Å². The van der Waals surface area contributed by atoms with Crippen molar-refractivity contribution in [1.29, 1.82) is 5.26 Å². The average molecular weight is 506 g/mol. The van der Waals surface area contributed by atoms with Crippen LogP contribution < -0.4 is 4.74 Å². The number of hydrogen-bond acceptors (Lipinski definition) is 6. The summed E-state index contributed by atoms with van der Waals surface area (Å²) < 4.78 is 18.1. The van der Waals surface area contributed by atoms with Gasteiger partial charge in [0.05, 0.1) is 36.0 Å². The van der Waals surface area contributed by atoms with Crippen molar-refractivity contribution in [2.75, 3.05) is 40.9 Å². The third kappa shape index (κ3) is 6.48. The molecule has 2 aromatic carbocycles. The van der Waals surface area contributed by atoms with E-state index in [1.807, 2.05) is 30.3 Å². The largest absolute Gasteiger partial charge is 0.493 e. The van der Waals surface area contributed by atoms with E-state index in [4.69, 9.17) is 14.2 Å². The summed E-state index contributed by atoms with van der Waals surface area (Å²) in [6, 6.07) is 16.8. The molecule has 2 heterocycles. The van der Waals surface area contributed by atoms with E-state index < -0.39 is 0 Å². The van der Waals surface area contributed by atoms with Crippen LogP contribution >= 0.6 is 0 Å². The van der Waals surface area contributed by atoms with E-state index in [1.54, 1.807) is 49.2 Å². The Labute approximate surface area is 218 Å². The number of carbonyl (C=O) groups is 2. The van der Waals surface area contributed by atoms with Crippen molar-refractivity contribution in [2.24, 2.45) is 0 Å². The second kappa shape index (κ2) is 12.2. The van der Waals surface area contributed by atoms with Crippen LogP contribution in [0.15, 0.2) is 48.5 Å². The first-order chi connectivity index (χ1) is 17.9. The lowest BCUT2D eigenvalue weighted by Gasteiger charge is -2.38. The third-order valence-corrected chi connectivity index (χ3v) is 7.31. The van der Waals surface area contributed by atoms with Crippen molar-refractivity contribution < 1.29 is 23.8 Å². The number of methoxy groups -OCH3 is 1. The average Bonchev–Trinajstić information content (AvgIpc) is 2.92. The minimum Gasteiger partial charge on any atom is -0.493 e. The molecule has 0 unspecified atom stereocenters. The van der Waals surface area contributed by atoms with Gasteiger partial charge in [0.2, 0.25) is 5.91 Å². The lowest BCUT2D eigenvalue weighted by Crippen LogP contribution is -2.48. The smallest absolute Gasteiger partial charge is 0.257 e. The zero-order chi connectivity index (χ0) is 26.4. The minimum absolute atomic E-state index is 0.0159. The standard InChI is InChI=1S/C29H35N3O5/c1-31-19-27-26(35-3)12-10-23(37-27)13-14-36-25-11-9-20(17-30)15-24(25)29(34)32(2)18-22(16-28(31)33)21-7-5-4-6-8-21/h4-9,11,15,22-23,26-27H,10,12-14,16,18-19H2,1-3H3/t22-,23+,26-,27-/m0/s1. The molecule has 0 spiro atoms. The summed E-state index contributed by atoms with van der Waals surface area (Å²) in [5, 5.41) is 9.43. The maximum atomic E-state index is 13.6. The molecule has 0 saturated carbocycles. The summed E-state index contributed by atoms with van der Waals surface area (Å²) in [5.74, 6) is -0.0346. The van der Waals surface area contributed by atoms with Crippen LogP contribution in [0.2, 0.25) is 0 Å². The molecule has 0 radical (unpaired) electrons. The molecule has 0 aliphatic carbocycles. The number of rotatable bonds is 2. The number of hydrogen-bond donors (Lipinski definition) is 0. The van der Waals surface area contributed by atoms with E-state index in [-0.39, 0.29) is 42.5 Å². The van der Waals surface area contributed by atoms with Crippen molar-refractivity contribution in [1.82, 2.24) is 9.80 Å². The molecule has 4 rings (SSSR count). The molecule has 2 aromatic rings. The third-order valence-electron chi connectivity index (χ3n) is 7.31. The lowest BCUT2D eigenvalue weighted by atomic mass is 9.93. The molecule has 8 nitrogen and oxygen atoms in total. The molecule has 37 heavy (non-hydrogen) atoms. The molecule has 2 amide bonds. The van der Waals surface area contributed by atoms with E-state index in [2.05, 4.69) is 6.07 Å². The summed E-state index contributed by atoms with van der Waals surface area (Å²) in [6.07, 6.45) is 2.21. The predicted octanol–water partition coefficient (Wildman–Crippen LogP) is 3.61. The van der Waals surface area contributed by atoms with Gasteiger partial charge in [-0.25, -0.2) is 0 Å². The van der Waals surface area contributed by atoms with E-state index in [9.17, 15) is 14.9 Å². The molecule has 0 N–H and O–H groups in total. The van der Waals surface area contributed by atoms with Crippen molar-refractivity contribution in [3.8, 4) is 11.8 Å². The Kier molecular flexibility index (Phi) is 8.80. The Morgan fingerprint density at radius 2 is 1.78 bits per heavy atom. The molecule has 0 aromatic heterocycles. The zero-order valence-electron chi connectivity index (χ0n) is 21.8. The van der Waals surface area contributed by atoms with Gasteiger partial charge in [-0.1, -0.05) is 30.3 Å². The Balaban J connectivity index is 1.68. The van der Waals surface area contributed by atoms with Crippen LogP contribution in [-0.2, 0) is 14.3 Å². The normalized spacial score (nSPS) is 25.7. The maximum Gasteiger partial charge on any atom is 0.257 e. The Morgan fingerprint density at radius 3 is 2.51 bits per heavy atom. The number of nitriles is 1. The van der Waals surface area contributed by atoms with Crippen LogP contribution in [0.1, 0.15) is 53.1 Å². The van der Waals surface area contributed by atoms with Crippen LogP contribution in [-0.4, -0.2) is 80.8 Å². The quantitative estimate of drug-likeness (QED) is 0.619. The summed E-state index contributed by atoms with van der Waals surface area (Å²) in [5.41, 5.74) is 1.71. The van der Waals surface area contributed by atoms with E-state index in [0.717, 1.165) is 18.4 Å². The van der Waals surface area contributed by atoms with Gasteiger partial charge in [0.1, 0.15) is 11.9 Å². The first-order valence-electron chi connectivity index (χ1n) is 12.8. The summed E-state index contributed by atoms with van der Waals surface area (Å²) in [6.45, 7) is 1.14. The van der Waals surface area contributed by atoms with Gasteiger partial charge in [0.25, 0.3) is 5.91 Å². The molecule has 4 atom stereocenters. The van der Waals surface area contributed by atoms with Crippen LogP contribution in [0.5, 0.6) is 5.75 Å². The summed E-state index contributed by atoms with van der Waals surface area (Å²) in [7, 11) is 5.20. The fourth-order valence-corrected chi connectivity index (χ4v) is 5.14. The Bertz CT molecular complexity index is 1130. The number of ether oxygens (including phenoxy) is 3. The Morgan fingerprint density at radius 1 is 1.00 bits per heavy atom. The van der Waals surface area contributed by atoms with Gasteiger partial charge in [0.15, 0.2) is 0 Å². The lowest BCUT2D eigenvalue weighted by molar-refractivity contribution is -0.150. The highest BCUT2D eigenvalue weighted by Crippen LogP contribution is 2.29. The van der Waals surface area contributed by atoms with Gasteiger partial charge in [-0.05, 0) is 36.6 Å². The van der Waals surface area contributed by atoms with Crippen molar-refractivity contribution >= 4 is 11.8 Å². The Hall–Kier alpha value is -3.41. The number of benzene rings is 2. The van der Waals surface area contributed by atoms with Crippen LogP contribution in [0.3, 0.4) is 0 Å². The van der Waals surface area contributed by atoms with E-state index in [1.165, 1.54) is 0 Å². The molecule has 2 aliphatic heterocycles. The highest BCUT2D eigenvalue weighted by Gasteiger charge is 2.34. The molecule has 2 aliphatic rings. The van der Waals surface area contributed by atoms with Gasteiger partial charge in [-0.15, -0.1) is 0 Å². The second-order valence-corrected chi connectivity index (χ2v) is 9.88. The van der Waals surface area contributed by atoms with Gasteiger partial charge in [0, 0.05) is 53.1 Å². The fourth-order valence-electron chi connectivity index (χ4n) is 5.14. The molecular formula is C29H35N3O5. The zero-order valence-corrected chi connectivity index (χ0v) is 21.8. The number of nitrogens with zero attached hydrogens (tertiary/aromatic N) is 3. The maximum absolute atomic E-state index is 13.6. The number of carbonyl (C=O) groups excluding carboxylic acids is 2. The van der Waals surface area contributed by atoms with Gasteiger partial charge >= 0.3 is 0 Å². The number of amides is 2. The monoisotopic (exact) mass is 505 g/mol. The second-order valence-electron chi connectivity index (χ2n) is 9.88.